The fourth-order valence-electron chi connectivity index (χ4n) is 8.55. The van der Waals surface area contributed by atoms with Gasteiger partial charge in [-0.3, -0.25) is 0 Å². The first-order valence-electron chi connectivity index (χ1n) is 14.6. The highest BCUT2D eigenvalue weighted by atomic mass is 16.3. The van der Waals surface area contributed by atoms with Crippen molar-refractivity contribution in [3.8, 4) is 0 Å². The minimum atomic E-state index is -0.300. The first-order valence-corrected chi connectivity index (χ1v) is 14.6. The van der Waals surface area contributed by atoms with Crippen LogP contribution in [0.1, 0.15) is 114 Å². The summed E-state index contributed by atoms with van der Waals surface area (Å²) in [7, 11) is 0. The number of rotatable bonds is 4. The van der Waals surface area contributed by atoms with Crippen molar-refractivity contribution >= 4 is 0 Å². The second-order valence-corrected chi connectivity index (χ2v) is 15.7. The highest BCUT2D eigenvalue weighted by Crippen LogP contribution is 2.49. The molecule has 0 aliphatic heterocycles. The third kappa shape index (κ3) is 6.60. The van der Waals surface area contributed by atoms with Crippen LogP contribution in [0.3, 0.4) is 0 Å². The third-order valence-electron chi connectivity index (χ3n) is 10.3. The molecule has 10 unspecified atom stereocenters. The molecule has 0 spiro atoms. The lowest BCUT2D eigenvalue weighted by Crippen LogP contribution is -2.47. The SMILES string of the molecule is CC1CC(CC2CC(C)CC(C(C)(C)C)C2O)C(O)C(CC2CC(C)CC(C(C)(C)C)C2O)C1. The predicted molar refractivity (Wildman–Crippen MR) is 142 cm³/mol. The molecule has 0 heterocycles. The van der Waals surface area contributed by atoms with Crippen LogP contribution in [0.15, 0.2) is 0 Å². The van der Waals surface area contributed by atoms with Gasteiger partial charge in [0.1, 0.15) is 0 Å². The zero-order valence-corrected chi connectivity index (χ0v) is 23.9. The van der Waals surface area contributed by atoms with Crippen LogP contribution in [0.5, 0.6) is 0 Å². The van der Waals surface area contributed by atoms with Crippen LogP contribution in [0, 0.1) is 64.1 Å². The Morgan fingerprint density at radius 2 is 0.735 bits per heavy atom. The molecule has 0 amide bonds. The Morgan fingerprint density at radius 3 is 1.03 bits per heavy atom. The summed E-state index contributed by atoms with van der Waals surface area (Å²) in [6.45, 7) is 20.7. The Balaban J connectivity index is 1.70. The van der Waals surface area contributed by atoms with Gasteiger partial charge in [-0.25, -0.2) is 0 Å². The van der Waals surface area contributed by atoms with Crippen molar-refractivity contribution in [2.24, 2.45) is 64.1 Å². The highest BCUT2D eigenvalue weighted by Gasteiger charge is 2.46. The van der Waals surface area contributed by atoms with E-state index in [1.54, 1.807) is 0 Å². The molecule has 0 saturated heterocycles. The summed E-state index contributed by atoms with van der Waals surface area (Å²) in [5.74, 6) is 3.69. The van der Waals surface area contributed by atoms with Gasteiger partial charge < -0.3 is 15.3 Å². The summed E-state index contributed by atoms with van der Waals surface area (Å²) in [4.78, 5) is 0. The second kappa shape index (κ2) is 10.7. The zero-order chi connectivity index (χ0) is 25.6. The molecule has 200 valence electrons. The summed E-state index contributed by atoms with van der Waals surface area (Å²) in [5, 5.41) is 34.3. The first kappa shape index (κ1) is 28.5. The van der Waals surface area contributed by atoms with Crippen LogP contribution in [0.25, 0.3) is 0 Å². The topological polar surface area (TPSA) is 60.7 Å². The van der Waals surface area contributed by atoms with E-state index in [-0.39, 0.29) is 41.0 Å². The van der Waals surface area contributed by atoms with Crippen molar-refractivity contribution in [1.82, 2.24) is 0 Å². The Morgan fingerprint density at radius 1 is 0.471 bits per heavy atom. The second-order valence-electron chi connectivity index (χ2n) is 15.7. The number of aliphatic hydroxyl groups is 3. The minimum Gasteiger partial charge on any atom is -0.393 e. The van der Waals surface area contributed by atoms with E-state index in [0.29, 0.717) is 41.4 Å². The van der Waals surface area contributed by atoms with Crippen molar-refractivity contribution in [3.63, 3.8) is 0 Å². The summed E-state index contributed by atoms with van der Waals surface area (Å²) in [5.41, 5.74) is 0.232. The molecule has 3 nitrogen and oxygen atoms in total. The number of hydrogen-bond donors (Lipinski definition) is 3. The van der Waals surface area contributed by atoms with Crippen LogP contribution < -0.4 is 0 Å². The van der Waals surface area contributed by atoms with Crippen LogP contribution in [0.4, 0.5) is 0 Å². The Bertz CT molecular complexity index is 592. The maximum atomic E-state index is 11.6. The highest BCUT2D eigenvalue weighted by molar-refractivity contribution is 4.96. The number of hydrogen-bond acceptors (Lipinski definition) is 3. The molecule has 3 fully saturated rings. The zero-order valence-electron chi connectivity index (χ0n) is 23.9. The molecule has 3 aliphatic rings. The molecule has 34 heavy (non-hydrogen) atoms. The van der Waals surface area contributed by atoms with Gasteiger partial charge in [-0.05, 0) is 115 Å². The smallest absolute Gasteiger partial charge is 0.0601 e. The van der Waals surface area contributed by atoms with Crippen LogP contribution in [-0.2, 0) is 0 Å². The molecule has 3 rings (SSSR count). The molecule has 3 heteroatoms. The quantitative estimate of drug-likeness (QED) is 0.410. The van der Waals surface area contributed by atoms with Crippen molar-refractivity contribution in [2.45, 2.75) is 132 Å². The minimum absolute atomic E-state index is 0.116. The van der Waals surface area contributed by atoms with Gasteiger partial charge in [-0.15, -0.1) is 0 Å². The largest absolute Gasteiger partial charge is 0.393 e. The molecule has 0 aromatic carbocycles. The lowest BCUT2D eigenvalue weighted by molar-refractivity contribution is -0.0878. The standard InChI is InChI=1S/C31H58O3/c1-18-10-21(16-23-12-19(2)14-25(28(23)33)30(4,5)6)27(32)22(11-18)17-24-13-20(3)15-26(29(24)34)31(7,8)9/h18-29,32-34H,10-17H2,1-9H3. The van der Waals surface area contributed by atoms with Crippen molar-refractivity contribution in [3.05, 3.63) is 0 Å². The maximum Gasteiger partial charge on any atom is 0.0601 e. The lowest BCUT2D eigenvalue weighted by atomic mass is 9.59. The van der Waals surface area contributed by atoms with Crippen molar-refractivity contribution < 1.29 is 15.3 Å². The van der Waals surface area contributed by atoms with E-state index in [1.807, 2.05) is 0 Å². The fraction of sp³-hybridized carbons (Fsp3) is 1.00. The molecule has 0 aromatic heterocycles. The van der Waals surface area contributed by atoms with Gasteiger partial charge in [0.05, 0.1) is 18.3 Å². The van der Waals surface area contributed by atoms with Crippen molar-refractivity contribution in [2.75, 3.05) is 0 Å². The van der Waals surface area contributed by atoms with E-state index in [1.165, 1.54) is 0 Å². The van der Waals surface area contributed by atoms with E-state index >= 15 is 0 Å². The molecule has 0 bridgehead atoms. The van der Waals surface area contributed by atoms with Crippen molar-refractivity contribution in [1.29, 1.82) is 0 Å². The van der Waals surface area contributed by atoms with Gasteiger partial charge >= 0.3 is 0 Å². The summed E-state index contributed by atoms with van der Waals surface area (Å²) >= 11 is 0. The van der Waals surface area contributed by atoms with Crippen LogP contribution in [0.2, 0.25) is 0 Å². The van der Waals surface area contributed by atoms with Gasteiger partial charge in [0.25, 0.3) is 0 Å². The molecule has 3 N–H and O–H groups in total. The van der Waals surface area contributed by atoms with E-state index in [4.69, 9.17) is 0 Å². The van der Waals surface area contributed by atoms with Gasteiger partial charge in [-0.1, -0.05) is 62.3 Å². The normalized spacial score (nSPS) is 46.9. The van der Waals surface area contributed by atoms with Crippen LogP contribution >= 0.6 is 0 Å². The summed E-state index contributed by atoms with van der Waals surface area (Å²) in [6, 6.07) is 0. The Labute approximate surface area is 211 Å². The summed E-state index contributed by atoms with van der Waals surface area (Å²) in [6.07, 6.45) is 7.63. The fourth-order valence-corrected chi connectivity index (χ4v) is 8.55. The van der Waals surface area contributed by atoms with E-state index < -0.39 is 0 Å². The number of aliphatic hydroxyl groups excluding tert-OH is 3. The average Bonchev–Trinajstić information content (AvgIpc) is 2.68. The summed E-state index contributed by atoms with van der Waals surface area (Å²) < 4.78 is 0. The first-order chi connectivity index (χ1) is 15.6. The van der Waals surface area contributed by atoms with Gasteiger partial charge in [0.2, 0.25) is 0 Å². The molecule has 3 saturated carbocycles. The molecule has 3 aliphatic carbocycles. The maximum absolute atomic E-state index is 11.6. The van der Waals surface area contributed by atoms with E-state index in [9.17, 15) is 15.3 Å². The average molecular weight is 479 g/mol. The third-order valence-corrected chi connectivity index (χ3v) is 10.3. The van der Waals surface area contributed by atoms with Gasteiger partial charge in [0, 0.05) is 0 Å². The van der Waals surface area contributed by atoms with Gasteiger partial charge in [0.15, 0.2) is 0 Å². The lowest BCUT2D eigenvalue weighted by Gasteiger charge is -2.48. The van der Waals surface area contributed by atoms with E-state index in [2.05, 4.69) is 62.3 Å². The van der Waals surface area contributed by atoms with Crippen LogP contribution in [-0.4, -0.2) is 33.6 Å². The Kier molecular flexibility index (Phi) is 8.96. The molecule has 10 atom stereocenters. The molecule has 0 radical (unpaired) electrons. The molecular formula is C31H58O3. The molecular weight excluding hydrogens is 420 g/mol. The van der Waals surface area contributed by atoms with E-state index in [0.717, 1.165) is 51.4 Å². The van der Waals surface area contributed by atoms with Gasteiger partial charge in [-0.2, -0.15) is 0 Å². The predicted octanol–water partition coefficient (Wildman–Crippen LogP) is 6.93. The monoisotopic (exact) mass is 478 g/mol. The Hall–Kier alpha value is -0.120. The molecule has 0 aromatic rings.